The largest absolute Gasteiger partial charge is 0.497 e. The van der Waals surface area contributed by atoms with Gasteiger partial charge in [-0.1, -0.05) is 17.7 Å². The second kappa shape index (κ2) is 7.08. The second-order valence-electron chi connectivity index (χ2n) is 8.43. The summed E-state index contributed by atoms with van der Waals surface area (Å²) in [5, 5.41) is 2.38. The molecule has 1 saturated heterocycles. The number of ether oxygens (including phenoxy) is 2. The first-order chi connectivity index (χ1) is 14.1. The topological polar surface area (TPSA) is 38.2 Å². The summed E-state index contributed by atoms with van der Waals surface area (Å²) in [4.78, 5) is 1.66. The number of nitrogens with zero attached hydrogens (tertiary/aromatic N) is 1. The average Bonchev–Trinajstić information content (AvgIpc) is 3.22. The van der Waals surface area contributed by atoms with Crippen LogP contribution in [0.1, 0.15) is 42.5 Å². The highest BCUT2D eigenvalue weighted by Crippen LogP contribution is 2.47. The number of fused-ring (bicyclic) bond motifs is 4. The van der Waals surface area contributed by atoms with E-state index in [2.05, 4.69) is 60.7 Å². The van der Waals surface area contributed by atoms with Crippen LogP contribution >= 0.6 is 0 Å². The number of aryl methyl sites for hydroxylation is 1. The molecule has 2 aromatic carbocycles. The molecule has 5 heteroatoms. The molecule has 29 heavy (non-hydrogen) atoms. The number of methoxy groups -OCH3 is 1. The van der Waals surface area contributed by atoms with Gasteiger partial charge in [-0.25, -0.2) is 0 Å². The summed E-state index contributed by atoms with van der Waals surface area (Å²) in [7, 11) is 1.70. The molecule has 2 N–H and O–H groups in total. The number of hydrazine groups is 1. The summed E-state index contributed by atoms with van der Waals surface area (Å²) in [5.74, 6) is 1.91. The van der Waals surface area contributed by atoms with Gasteiger partial charge in [0.2, 0.25) is 0 Å². The van der Waals surface area contributed by atoms with E-state index in [1.165, 1.54) is 23.2 Å². The van der Waals surface area contributed by atoms with E-state index in [1.54, 1.807) is 12.0 Å². The van der Waals surface area contributed by atoms with Crippen molar-refractivity contribution in [2.75, 3.05) is 26.7 Å². The van der Waals surface area contributed by atoms with E-state index in [-0.39, 0.29) is 11.8 Å². The summed E-state index contributed by atoms with van der Waals surface area (Å²) in [5.41, 5.74) is 8.24. The fourth-order valence-electron chi connectivity index (χ4n) is 4.92. The lowest BCUT2D eigenvalue weighted by Gasteiger charge is -2.50. The normalized spacial score (nSPS) is 28.2. The molecule has 3 heterocycles. The number of likely N-dealkylation sites (tertiary alicyclic amines) is 1. The molecule has 1 atom stereocenters. The van der Waals surface area contributed by atoms with Gasteiger partial charge in [-0.05, 0) is 55.8 Å². The van der Waals surface area contributed by atoms with Crippen LogP contribution in [0.2, 0.25) is 0 Å². The van der Waals surface area contributed by atoms with Crippen molar-refractivity contribution < 1.29 is 14.4 Å². The zero-order chi connectivity index (χ0) is 20.0. The Morgan fingerprint density at radius 3 is 2.62 bits per heavy atom. The average molecular weight is 393 g/mol. The van der Waals surface area contributed by atoms with Gasteiger partial charge in [-0.3, -0.25) is 0 Å². The Balaban J connectivity index is 1.53. The molecule has 0 aromatic heterocycles. The van der Waals surface area contributed by atoms with Gasteiger partial charge in [0.15, 0.2) is 5.72 Å². The van der Waals surface area contributed by atoms with Gasteiger partial charge in [0, 0.05) is 5.56 Å². The maximum atomic E-state index is 6.74. The monoisotopic (exact) mass is 392 g/mol. The molecule has 5 nitrogen and oxygen atoms in total. The van der Waals surface area contributed by atoms with Crippen LogP contribution in [-0.2, 0) is 0 Å². The van der Waals surface area contributed by atoms with Gasteiger partial charge >= 0.3 is 0 Å². The van der Waals surface area contributed by atoms with Crippen molar-refractivity contribution in [3.8, 4) is 11.5 Å². The van der Waals surface area contributed by atoms with Crippen LogP contribution in [0.15, 0.2) is 48.5 Å². The van der Waals surface area contributed by atoms with E-state index in [4.69, 9.17) is 9.47 Å². The second-order valence-corrected chi connectivity index (χ2v) is 8.43. The highest BCUT2D eigenvalue weighted by Gasteiger charge is 2.52. The minimum absolute atomic E-state index is 0.180. The Morgan fingerprint density at radius 2 is 1.93 bits per heavy atom. The Bertz CT molecular complexity index is 930. The summed E-state index contributed by atoms with van der Waals surface area (Å²) in [6, 6.07) is 15.0. The molecule has 0 radical (unpaired) electrons. The van der Waals surface area contributed by atoms with E-state index in [9.17, 15) is 0 Å². The Labute approximate surface area is 172 Å². The Kier molecular flexibility index (Phi) is 4.52. The molecule has 1 fully saturated rings. The van der Waals surface area contributed by atoms with E-state index in [1.807, 2.05) is 12.1 Å². The number of benzene rings is 2. The highest BCUT2D eigenvalue weighted by molar-refractivity contribution is 5.68. The van der Waals surface area contributed by atoms with Crippen molar-refractivity contribution in [2.45, 2.75) is 38.5 Å². The van der Waals surface area contributed by atoms with Crippen LogP contribution in [0, 0.1) is 6.92 Å². The summed E-state index contributed by atoms with van der Waals surface area (Å²) in [6.45, 7) is 7.88. The van der Waals surface area contributed by atoms with Gasteiger partial charge in [-0.15, -0.1) is 0 Å². The molecular weight excluding hydrogens is 362 g/mol. The van der Waals surface area contributed by atoms with Gasteiger partial charge in [-0.2, -0.15) is 5.01 Å². The Morgan fingerprint density at radius 1 is 1.17 bits per heavy atom. The molecule has 3 aliphatic rings. The van der Waals surface area contributed by atoms with Crippen molar-refractivity contribution >= 4 is 5.70 Å². The highest BCUT2D eigenvalue weighted by atomic mass is 16.5. The number of nitrogens with one attached hydrogen (secondary N) is 2. The van der Waals surface area contributed by atoms with Gasteiger partial charge in [0.05, 0.1) is 51.3 Å². The standard InChI is InChI=1S/C24H29N3O2/c1-4-26-13-11-24(12-14-26)27-22(20-15-17(2)5-10-23(20)29-24)16-21(25-27)18-6-8-19(28-3)9-7-18/h5-10,15-16,22,25H,4,11-14H2,1-3H3/p+1/t22-/m0/s1. The van der Waals surface area contributed by atoms with Crippen LogP contribution in [0.5, 0.6) is 11.5 Å². The molecule has 5 rings (SSSR count). The maximum Gasteiger partial charge on any atom is 0.191 e. The molecule has 0 unspecified atom stereocenters. The number of piperidine rings is 1. The first-order valence-corrected chi connectivity index (χ1v) is 10.7. The van der Waals surface area contributed by atoms with E-state index in [0.29, 0.717) is 0 Å². The van der Waals surface area contributed by atoms with E-state index < -0.39 is 0 Å². The molecule has 3 aliphatic heterocycles. The number of hydrogen-bond acceptors (Lipinski definition) is 4. The molecule has 0 bridgehead atoms. The lowest BCUT2D eigenvalue weighted by Crippen LogP contribution is -3.13. The molecule has 2 aromatic rings. The smallest absolute Gasteiger partial charge is 0.191 e. The van der Waals surface area contributed by atoms with E-state index in [0.717, 1.165) is 43.1 Å². The molecule has 0 aliphatic carbocycles. The fourth-order valence-corrected chi connectivity index (χ4v) is 4.92. The lowest BCUT2D eigenvalue weighted by atomic mass is 9.92. The SMILES string of the molecule is CC[NH+]1CCC2(CC1)Oc1ccc(C)cc1[C@@H]1C=C(c3ccc(OC)cc3)NN12. The first kappa shape index (κ1) is 18.5. The predicted octanol–water partition coefficient (Wildman–Crippen LogP) is 2.69. The minimum atomic E-state index is -0.295. The minimum Gasteiger partial charge on any atom is -0.497 e. The predicted molar refractivity (Wildman–Crippen MR) is 114 cm³/mol. The molecular formula is C24H30N3O2+. The molecule has 152 valence electrons. The van der Waals surface area contributed by atoms with Crippen LogP contribution < -0.4 is 19.8 Å². The van der Waals surface area contributed by atoms with Crippen molar-refractivity contribution in [3.63, 3.8) is 0 Å². The molecule has 1 spiro atoms. The fraction of sp³-hybridized carbons (Fsp3) is 0.417. The van der Waals surface area contributed by atoms with Crippen molar-refractivity contribution in [2.24, 2.45) is 0 Å². The van der Waals surface area contributed by atoms with Gasteiger partial charge in [0.1, 0.15) is 11.5 Å². The summed E-state index contributed by atoms with van der Waals surface area (Å²) >= 11 is 0. The van der Waals surface area contributed by atoms with Crippen molar-refractivity contribution in [1.82, 2.24) is 10.4 Å². The molecule has 0 saturated carbocycles. The maximum absolute atomic E-state index is 6.74. The van der Waals surface area contributed by atoms with Gasteiger partial charge < -0.3 is 19.8 Å². The van der Waals surface area contributed by atoms with Crippen LogP contribution in [0.4, 0.5) is 0 Å². The third-order valence-corrected chi connectivity index (χ3v) is 6.71. The summed E-state index contributed by atoms with van der Waals surface area (Å²) in [6.07, 6.45) is 4.40. The van der Waals surface area contributed by atoms with E-state index >= 15 is 0 Å². The number of quaternary nitrogens is 1. The van der Waals surface area contributed by atoms with Gasteiger partial charge in [0.25, 0.3) is 0 Å². The number of hydrogen-bond donors (Lipinski definition) is 2. The number of rotatable bonds is 3. The third-order valence-electron chi connectivity index (χ3n) is 6.71. The van der Waals surface area contributed by atoms with Crippen LogP contribution in [0.3, 0.4) is 0 Å². The van der Waals surface area contributed by atoms with Crippen LogP contribution in [-0.4, -0.2) is 37.5 Å². The zero-order valence-corrected chi connectivity index (χ0v) is 17.5. The molecule has 0 amide bonds. The lowest BCUT2D eigenvalue weighted by molar-refractivity contribution is -0.906. The van der Waals surface area contributed by atoms with Crippen molar-refractivity contribution in [1.29, 1.82) is 0 Å². The van der Waals surface area contributed by atoms with Crippen LogP contribution in [0.25, 0.3) is 5.70 Å². The quantitative estimate of drug-likeness (QED) is 0.842. The first-order valence-electron chi connectivity index (χ1n) is 10.7. The summed E-state index contributed by atoms with van der Waals surface area (Å²) < 4.78 is 12.1. The Hall–Kier alpha value is -2.50. The zero-order valence-electron chi connectivity index (χ0n) is 17.5. The third kappa shape index (κ3) is 3.09. The van der Waals surface area contributed by atoms with Crippen molar-refractivity contribution in [3.05, 3.63) is 65.2 Å².